The summed E-state index contributed by atoms with van der Waals surface area (Å²) in [4.78, 5) is 12.4. The lowest BCUT2D eigenvalue weighted by molar-refractivity contribution is -0.305. The van der Waals surface area contributed by atoms with Gasteiger partial charge in [-0.25, -0.2) is 0 Å². The maximum atomic E-state index is 13.7. The average molecular weight is 322 g/mol. The number of alkyl halides is 4. The monoisotopic (exact) mass is 322 g/mol. The molecule has 1 heterocycles. The number of carbonyl (C=O) groups is 1. The summed E-state index contributed by atoms with van der Waals surface area (Å²) in [6.07, 6.45) is -3.36. The van der Waals surface area contributed by atoms with E-state index in [9.17, 15) is 22.4 Å². The van der Waals surface area contributed by atoms with Crippen molar-refractivity contribution >= 4 is 22.2 Å². The van der Waals surface area contributed by atoms with E-state index in [4.69, 9.17) is 5.26 Å². The molecule has 1 atom stereocenters. The van der Waals surface area contributed by atoms with Crippen molar-refractivity contribution in [3.8, 4) is 6.07 Å². The molecular formula is C12H10F4N2O2S. The number of rotatable bonds is 3. The first-order valence-corrected chi connectivity index (χ1v) is 6.73. The number of methoxy groups -OCH3 is 1. The van der Waals surface area contributed by atoms with Gasteiger partial charge in [-0.3, -0.25) is 4.79 Å². The fraction of sp³-hybridized carbons (Fsp3) is 0.500. The molecule has 1 N–H and O–H groups in total. The first-order valence-electron chi connectivity index (χ1n) is 5.91. The van der Waals surface area contributed by atoms with Gasteiger partial charge in [-0.05, 0) is 24.8 Å². The topological polar surface area (TPSA) is 62.1 Å². The third-order valence-corrected chi connectivity index (χ3v) is 4.41. The molecule has 0 aliphatic heterocycles. The number of aryl methyl sites for hydroxylation is 1. The summed E-state index contributed by atoms with van der Waals surface area (Å²) in [7, 11) is 0.451. The van der Waals surface area contributed by atoms with Gasteiger partial charge in [0.15, 0.2) is 0 Å². The summed E-state index contributed by atoms with van der Waals surface area (Å²) in [6, 6.07) is 1.84. The van der Waals surface area contributed by atoms with Crippen LogP contribution in [0.1, 0.15) is 22.4 Å². The van der Waals surface area contributed by atoms with Crippen LogP contribution in [0.2, 0.25) is 0 Å². The second-order valence-electron chi connectivity index (χ2n) is 4.42. The molecule has 4 nitrogen and oxygen atoms in total. The summed E-state index contributed by atoms with van der Waals surface area (Å²) < 4.78 is 55.2. The molecule has 0 aromatic carbocycles. The summed E-state index contributed by atoms with van der Waals surface area (Å²) >= 11 is 0.995. The van der Waals surface area contributed by atoms with Crippen molar-refractivity contribution in [2.45, 2.75) is 31.3 Å². The molecule has 1 aliphatic rings. The third-order valence-electron chi connectivity index (χ3n) is 3.20. The molecule has 2 rings (SSSR count). The Bertz CT molecular complexity index is 620. The quantitative estimate of drug-likeness (QED) is 0.870. The van der Waals surface area contributed by atoms with Gasteiger partial charge in [0.05, 0.1) is 5.56 Å². The lowest BCUT2D eigenvalue weighted by atomic mass is 10.1. The molecule has 1 aliphatic carbocycles. The van der Waals surface area contributed by atoms with Crippen LogP contribution < -0.4 is 5.32 Å². The molecule has 1 unspecified atom stereocenters. The number of hydrogen-bond acceptors (Lipinski definition) is 4. The minimum atomic E-state index is -5.52. The van der Waals surface area contributed by atoms with Crippen LogP contribution in [-0.4, -0.2) is 25.0 Å². The van der Waals surface area contributed by atoms with Crippen LogP contribution in [0.5, 0.6) is 0 Å². The summed E-state index contributed by atoms with van der Waals surface area (Å²) in [5.74, 6) is -6.44. The summed E-state index contributed by atoms with van der Waals surface area (Å²) in [6.45, 7) is 0. The zero-order chi connectivity index (χ0) is 15.8. The van der Waals surface area contributed by atoms with Crippen molar-refractivity contribution in [3.05, 3.63) is 16.0 Å². The highest BCUT2D eigenvalue weighted by Gasteiger charge is 2.63. The van der Waals surface area contributed by atoms with Gasteiger partial charge in [-0.2, -0.15) is 22.8 Å². The molecule has 0 radical (unpaired) electrons. The van der Waals surface area contributed by atoms with E-state index in [1.54, 1.807) is 0 Å². The molecule has 0 saturated heterocycles. The number of halogens is 4. The van der Waals surface area contributed by atoms with Gasteiger partial charge < -0.3 is 10.1 Å². The second-order valence-corrected chi connectivity index (χ2v) is 5.53. The number of ether oxygens (including phenoxy) is 1. The molecule has 0 spiro atoms. The van der Waals surface area contributed by atoms with Crippen LogP contribution in [0.3, 0.4) is 0 Å². The number of nitriles is 1. The van der Waals surface area contributed by atoms with Gasteiger partial charge in [-0.1, -0.05) is 0 Å². The molecule has 21 heavy (non-hydrogen) atoms. The van der Waals surface area contributed by atoms with Crippen molar-refractivity contribution in [2.75, 3.05) is 12.4 Å². The van der Waals surface area contributed by atoms with Crippen molar-refractivity contribution < 1.29 is 27.1 Å². The molecule has 9 heteroatoms. The Morgan fingerprint density at radius 2 is 2.05 bits per heavy atom. The zero-order valence-corrected chi connectivity index (χ0v) is 11.6. The Labute approximate surface area is 121 Å². The van der Waals surface area contributed by atoms with Crippen LogP contribution >= 0.6 is 11.3 Å². The van der Waals surface area contributed by atoms with Crippen LogP contribution in [-0.2, 0) is 22.4 Å². The van der Waals surface area contributed by atoms with Crippen LogP contribution in [0.25, 0.3) is 0 Å². The number of fused-ring (bicyclic) bond motifs is 1. The maximum absolute atomic E-state index is 13.7. The highest BCUT2D eigenvalue weighted by atomic mass is 32.1. The number of hydrogen-bond donors (Lipinski definition) is 1. The van der Waals surface area contributed by atoms with Gasteiger partial charge >= 0.3 is 17.9 Å². The lowest BCUT2D eigenvalue weighted by Crippen LogP contribution is -2.52. The first-order chi connectivity index (χ1) is 9.74. The smallest absolute Gasteiger partial charge is 0.335 e. The number of nitrogens with one attached hydrogen (secondary N) is 1. The second kappa shape index (κ2) is 5.27. The van der Waals surface area contributed by atoms with E-state index < -0.39 is 17.9 Å². The summed E-state index contributed by atoms with van der Waals surface area (Å²) in [5.41, 5.74) is 0.813. The van der Waals surface area contributed by atoms with E-state index in [1.807, 2.05) is 11.4 Å². The van der Waals surface area contributed by atoms with Crippen molar-refractivity contribution in [1.29, 1.82) is 5.26 Å². The Hall–Kier alpha value is -1.66. The fourth-order valence-corrected chi connectivity index (χ4v) is 3.37. The van der Waals surface area contributed by atoms with Gasteiger partial charge in [-0.15, -0.1) is 11.3 Å². The fourth-order valence-electron chi connectivity index (χ4n) is 2.13. The molecule has 1 aromatic heterocycles. The molecule has 114 valence electrons. The van der Waals surface area contributed by atoms with Crippen LogP contribution in [0, 0.1) is 11.3 Å². The minimum Gasteiger partial charge on any atom is -0.335 e. The largest absolute Gasteiger partial charge is 0.458 e. The number of anilines is 1. The minimum absolute atomic E-state index is 0.0736. The SMILES string of the molecule is COC(F)(C(=O)Nc1sc2c(c1C#N)CCC2)C(F)(F)F. The average Bonchev–Trinajstić information content (AvgIpc) is 2.96. The van der Waals surface area contributed by atoms with Crippen LogP contribution in [0.15, 0.2) is 0 Å². The van der Waals surface area contributed by atoms with E-state index in [1.165, 1.54) is 0 Å². The molecule has 0 bridgehead atoms. The standard InChI is InChI=1S/C12H10F4N2O2S/c1-20-11(13,12(14,15)16)10(19)18-9-7(5-17)6-3-2-4-8(6)21-9/h2-4H2,1H3,(H,18,19). The van der Waals surface area contributed by atoms with E-state index >= 15 is 0 Å². The predicted octanol–water partition coefficient (Wildman–Crippen LogP) is 2.92. The maximum Gasteiger partial charge on any atom is 0.458 e. The lowest BCUT2D eigenvalue weighted by Gasteiger charge is -2.24. The molecule has 1 aromatic rings. The van der Waals surface area contributed by atoms with E-state index in [-0.39, 0.29) is 10.6 Å². The molecule has 1 amide bonds. The van der Waals surface area contributed by atoms with Gasteiger partial charge in [0, 0.05) is 12.0 Å². The first kappa shape index (κ1) is 15.7. The van der Waals surface area contributed by atoms with E-state index in [2.05, 4.69) is 4.74 Å². The number of carbonyl (C=O) groups excluding carboxylic acids is 1. The third kappa shape index (κ3) is 2.49. The number of thiophene rings is 1. The molecule has 0 saturated carbocycles. The normalized spacial score (nSPS) is 17.0. The predicted molar refractivity (Wildman–Crippen MR) is 66.6 cm³/mol. The number of nitrogens with zero attached hydrogens (tertiary/aromatic N) is 1. The van der Waals surface area contributed by atoms with Crippen molar-refractivity contribution in [1.82, 2.24) is 0 Å². The molecule has 0 fully saturated rings. The Morgan fingerprint density at radius 3 is 2.57 bits per heavy atom. The Balaban J connectivity index is 2.31. The van der Waals surface area contributed by atoms with E-state index in [0.717, 1.165) is 22.6 Å². The molecular weight excluding hydrogens is 312 g/mol. The number of amides is 1. The summed E-state index contributed by atoms with van der Waals surface area (Å²) in [5, 5.41) is 10.8. The van der Waals surface area contributed by atoms with Crippen LogP contribution in [0.4, 0.5) is 22.6 Å². The Kier molecular flexibility index (Phi) is 3.95. The van der Waals surface area contributed by atoms with Crippen molar-refractivity contribution in [3.63, 3.8) is 0 Å². The van der Waals surface area contributed by atoms with Gasteiger partial charge in [0.25, 0.3) is 0 Å². The Morgan fingerprint density at radius 1 is 1.38 bits per heavy atom. The highest BCUT2D eigenvalue weighted by Crippen LogP contribution is 2.40. The highest BCUT2D eigenvalue weighted by molar-refractivity contribution is 7.16. The van der Waals surface area contributed by atoms with Gasteiger partial charge in [0.1, 0.15) is 11.1 Å². The van der Waals surface area contributed by atoms with E-state index in [0.29, 0.717) is 25.5 Å². The van der Waals surface area contributed by atoms with Gasteiger partial charge in [0.2, 0.25) is 0 Å². The van der Waals surface area contributed by atoms with Crippen molar-refractivity contribution in [2.24, 2.45) is 0 Å². The zero-order valence-electron chi connectivity index (χ0n) is 10.8.